The summed E-state index contributed by atoms with van der Waals surface area (Å²) in [5.41, 5.74) is 2.89. The standard InChI is InChI=1S/C20H25N5O2.ClH/c1-21-18(14-11-22-24(2)12-14)20(27)25-9-7-13(8-10-25)17-15-5-3-4-6-16(15)23-19(17)26;/h3-6,11-13,17-18,21H,7-10H2,1-2H3,(H,23,26);1H. The number of amides is 2. The van der Waals surface area contributed by atoms with E-state index in [-0.39, 0.29) is 42.1 Å². The van der Waals surface area contributed by atoms with Crippen molar-refractivity contribution >= 4 is 29.9 Å². The predicted molar refractivity (Wildman–Crippen MR) is 109 cm³/mol. The summed E-state index contributed by atoms with van der Waals surface area (Å²) in [5, 5.41) is 10.3. The largest absolute Gasteiger partial charge is 0.341 e. The topological polar surface area (TPSA) is 79.3 Å². The summed E-state index contributed by atoms with van der Waals surface area (Å²) >= 11 is 0. The van der Waals surface area contributed by atoms with Crippen LogP contribution >= 0.6 is 12.4 Å². The molecule has 2 amide bonds. The van der Waals surface area contributed by atoms with Gasteiger partial charge in [0.05, 0.1) is 12.1 Å². The van der Waals surface area contributed by atoms with Crippen molar-refractivity contribution in [1.82, 2.24) is 20.0 Å². The SMILES string of the molecule is CNC(C(=O)N1CCC(C2C(=O)Nc3ccccc32)CC1)c1cnn(C)c1.Cl. The third kappa shape index (κ3) is 3.64. The Bertz CT molecular complexity index is 860. The predicted octanol–water partition coefficient (Wildman–Crippen LogP) is 2.08. The molecule has 2 aliphatic rings. The minimum absolute atomic E-state index is 0. The number of likely N-dealkylation sites (N-methyl/N-ethyl adjacent to an activating group) is 1. The fourth-order valence-corrected chi connectivity index (χ4v) is 4.36. The summed E-state index contributed by atoms with van der Waals surface area (Å²) in [7, 11) is 3.64. The van der Waals surface area contributed by atoms with Crippen LogP contribution in [0.5, 0.6) is 0 Å². The fourth-order valence-electron chi connectivity index (χ4n) is 4.36. The van der Waals surface area contributed by atoms with Gasteiger partial charge in [0.2, 0.25) is 11.8 Å². The van der Waals surface area contributed by atoms with E-state index in [1.165, 1.54) is 0 Å². The first kappa shape index (κ1) is 20.4. The third-order valence-corrected chi connectivity index (χ3v) is 5.75. The number of para-hydroxylation sites is 1. The molecule has 2 N–H and O–H groups in total. The maximum atomic E-state index is 13.0. The molecule has 0 spiro atoms. The molecule has 1 aromatic carbocycles. The summed E-state index contributed by atoms with van der Waals surface area (Å²) in [4.78, 5) is 27.4. The lowest BCUT2D eigenvalue weighted by Crippen LogP contribution is -2.45. The molecule has 0 radical (unpaired) electrons. The number of carbonyl (C=O) groups excluding carboxylic acids is 2. The van der Waals surface area contributed by atoms with Gasteiger partial charge in [-0.2, -0.15) is 5.10 Å². The number of aryl methyl sites for hydroxylation is 1. The van der Waals surface area contributed by atoms with Crippen LogP contribution in [0.4, 0.5) is 5.69 Å². The molecule has 0 aliphatic carbocycles. The minimum atomic E-state index is -0.384. The summed E-state index contributed by atoms with van der Waals surface area (Å²) in [5.74, 6) is 0.325. The first-order valence-electron chi connectivity index (χ1n) is 9.43. The molecule has 2 atom stereocenters. The molecule has 150 valence electrons. The Morgan fingerprint density at radius 1 is 1.29 bits per heavy atom. The van der Waals surface area contributed by atoms with Gasteiger partial charge in [-0.15, -0.1) is 12.4 Å². The summed E-state index contributed by atoms with van der Waals surface area (Å²) < 4.78 is 1.70. The van der Waals surface area contributed by atoms with Crippen molar-refractivity contribution in [1.29, 1.82) is 0 Å². The van der Waals surface area contributed by atoms with E-state index in [1.807, 2.05) is 42.4 Å². The van der Waals surface area contributed by atoms with Gasteiger partial charge < -0.3 is 15.5 Å². The highest BCUT2D eigenvalue weighted by atomic mass is 35.5. The lowest BCUT2D eigenvalue weighted by Gasteiger charge is -2.35. The molecular weight excluding hydrogens is 378 g/mol. The monoisotopic (exact) mass is 403 g/mol. The number of nitrogens with zero attached hydrogens (tertiary/aromatic N) is 3. The Balaban J connectivity index is 0.00000225. The van der Waals surface area contributed by atoms with Crippen molar-refractivity contribution in [2.24, 2.45) is 13.0 Å². The number of carbonyl (C=O) groups is 2. The molecule has 0 saturated carbocycles. The van der Waals surface area contributed by atoms with E-state index in [0.29, 0.717) is 13.1 Å². The molecule has 0 bridgehead atoms. The van der Waals surface area contributed by atoms with E-state index < -0.39 is 0 Å². The maximum absolute atomic E-state index is 13.0. The molecular formula is C20H26ClN5O2. The molecule has 2 aromatic rings. The Morgan fingerprint density at radius 3 is 2.64 bits per heavy atom. The smallest absolute Gasteiger partial charge is 0.244 e. The molecule has 2 aliphatic heterocycles. The van der Waals surface area contributed by atoms with Gasteiger partial charge in [-0.3, -0.25) is 14.3 Å². The summed E-state index contributed by atoms with van der Waals surface area (Å²) in [6.45, 7) is 1.35. The second-order valence-corrected chi connectivity index (χ2v) is 7.39. The van der Waals surface area contributed by atoms with Crippen molar-refractivity contribution in [3.05, 3.63) is 47.8 Å². The highest BCUT2D eigenvalue weighted by Crippen LogP contribution is 2.41. The molecule has 8 heteroatoms. The van der Waals surface area contributed by atoms with Crippen LogP contribution in [0.2, 0.25) is 0 Å². The van der Waals surface area contributed by atoms with Crippen molar-refractivity contribution in [2.75, 3.05) is 25.5 Å². The van der Waals surface area contributed by atoms with Crippen LogP contribution < -0.4 is 10.6 Å². The van der Waals surface area contributed by atoms with Crippen LogP contribution in [0.25, 0.3) is 0 Å². The number of hydrogen-bond acceptors (Lipinski definition) is 4. The number of aromatic nitrogens is 2. The molecule has 4 rings (SSSR count). The Morgan fingerprint density at radius 2 is 2.00 bits per heavy atom. The highest BCUT2D eigenvalue weighted by Gasteiger charge is 2.39. The van der Waals surface area contributed by atoms with E-state index in [4.69, 9.17) is 0 Å². The van der Waals surface area contributed by atoms with Gasteiger partial charge in [-0.25, -0.2) is 0 Å². The second-order valence-electron chi connectivity index (χ2n) is 7.39. The van der Waals surface area contributed by atoms with Gasteiger partial charge in [0.25, 0.3) is 0 Å². The van der Waals surface area contributed by atoms with E-state index in [2.05, 4.69) is 15.7 Å². The first-order chi connectivity index (χ1) is 13.1. The summed E-state index contributed by atoms with van der Waals surface area (Å²) in [6.07, 6.45) is 5.26. The summed E-state index contributed by atoms with van der Waals surface area (Å²) in [6, 6.07) is 7.53. The van der Waals surface area contributed by atoms with E-state index in [1.54, 1.807) is 17.9 Å². The molecule has 3 heterocycles. The lowest BCUT2D eigenvalue weighted by molar-refractivity contribution is -0.135. The average molecular weight is 404 g/mol. The molecule has 28 heavy (non-hydrogen) atoms. The van der Waals surface area contributed by atoms with Crippen LogP contribution in [0.3, 0.4) is 0 Å². The van der Waals surface area contributed by atoms with Crippen LogP contribution in [0, 0.1) is 5.92 Å². The molecule has 7 nitrogen and oxygen atoms in total. The number of rotatable bonds is 4. The molecule has 1 aromatic heterocycles. The average Bonchev–Trinajstić information content (AvgIpc) is 3.25. The third-order valence-electron chi connectivity index (χ3n) is 5.75. The number of hydrogen-bond donors (Lipinski definition) is 2. The van der Waals surface area contributed by atoms with Crippen LogP contribution in [-0.2, 0) is 16.6 Å². The Hall–Kier alpha value is -2.38. The number of piperidine rings is 1. The zero-order chi connectivity index (χ0) is 19.0. The normalized spacial score (nSPS) is 20.3. The van der Waals surface area contributed by atoms with Crippen molar-refractivity contribution < 1.29 is 9.59 Å². The number of halogens is 1. The first-order valence-corrected chi connectivity index (χ1v) is 9.43. The highest BCUT2D eigenvalue weighted by molar-refractivity contribution is 6.03. The van der Waals surface area contributed by atoms with E-state index in [0.717, 1.165) is 29.7 Å². The number of nitrogens with one attached hydrogen (secondary N) is 2. The van der Waals surface area contributed by atoms with Crippen LogP contribution in [-0.4, -0.2) is 46.6 Å². The van der Waals surface area contributed by atoms with Crippen molar-refractivity contribution in [3.63, 3.8) is 0 Å². The maximum Gasteiger partial charge on any atom is 0.244 e. The van der Waals surface area contributed by atoms with Crippen molar-refractivity contribution in [2.45, 2.75) is 24.8 Å². The quantitative estimate of drug-likeness (QED) is 0.819. The van der Waals surface area contributed by atoms with Crippen molar-refractivity contribution in [3.8, 4) is 0 Å². The molecule has 2 unspecified atom stereocenters. The minimum Gasteiger partial charge on any atom is -0.341 e. The van der Waals surface area contributed by atoms with E-state index >= 15 is 0 Å². The lowest BCUT2D eigenvalue weighted by atomic mass is 9.80. The van der Waals surface area contributed by atoms with E-state index in [9.17, 15) is 9.59 Å². The number of fused-ring (bicyclic) bond motifs is 1. The zero-order valence-electron chi connectivity index (χ0n) is 16.1. The Labute approximate surface area is 170 Å². The van der Waals surface area contributed by atoms with Gasteiger partial charge in [0.15, 0.2) is 0 Å². The fraction of sp³-hybridized carbons (Fsp3) is 0.450. The van der Waals surface area contributed by atoms with Crippen LogP contribution in [0.1, 0.15) is 35.9 Å². The van der Waals surface area contributed by atoms with Gasteiger partial charge in [0.1, 0.15) is 6.04 Å². The number of likely N-dealkylation sites (tertiary alicyclic amines) is 1. The molecule has 1 saturated heterocycles. The molecule has 1 fully saturated rings. The zero-order valence-corrected chi connectivity index (χ0v) is 16.9. The number of benzene rings is 1. The van der Waals surface area contributed by atoms with Gasteiger partial charge in [-0.1, -0.05) is 18.2 Å². The van der Waals surface area contributed by atoms with Gasteiger partial charge in [0, 0.05) is 37.6 Å². The van der Waals surface area contributed by atoms with Gasteiger partial charge >= 0.3 is 0 Å². The Kier molecular flexibility index (Phi) is 6.05. The second kappa shape index (κ2) is 8.32. The van der Waals surface area contributed by atoms with Crippen LogP contribution in [0.15, 0.2) is 36.7 Å². The van der Waals surface area contributed by atoms with Gasteiger partial charge in [-0.05, 0) is 37.4 Å². The number of anilines is 1.